The number of hydrogen-bond acceptors (Lipinski definition) is 5. The molecule has 1 amide bonds. The van der Waals surface area contributed by atoms with Gasteiger partial charge >= 0.3 is 6.36 Å². The van der Waals surface area contributed by atoms with Crippen molar-refractivity contribution in [2.75, 3.05) is 5.73 Å². The van der Waals surface area contributed by atoms with Crippen LogP contribution in [0.25, 0.3) is 0 Å². The van der Waals surface area contributed by atoms with Crippen molar-refractivity contribution < 1.29 is 36.2 Å². The SMILES string of the molecule is Nc1nc(F)ccc1C(=O)NCc1ccc(Oc2cc(OC(F)(F)F)ccc2F)cc1. The van der Waals surface area contributed by atoms with Gasteiger partial charge in [0.05, 0.1) is 5.56 Å². The van der Waals surface area contributed by atoms with Gasteiger partial charge in [-0.25, -0.2) is 9.37 Å². The molecule has 0 unspecified atom stereocenters. The van der Waals surface area contributed by atoms with Crippen molar-refractivity contribution in [2.45, 2.75) is 12.9 Å². The molecule has 0 radical (unpaired) electrons. The van der Waals surface area contributed by atoms with Gasteiger partial charge in [0, 0.05) is 12.6 Å². The number of hydrogen-bond donors (Lipinski definition) is 2. The van der Waals surface area contributed by atoms with Gasteiger partial charge in [-0.1, -0.05) is 12.1 Å². The van der Waals surface area contributed by atoms with Crippen LogP contribution in [0.2, 0.25) is 0 Å². The Morgan fingerprint density at radius 1 is 1.00 bits per heavy atom. The molecule has 31 heavy (non-hydrogen) atoms. The number of alkyl halides is 3. The molecule has 0 saturated carbocycles. The Bertz CT molecular complexity index is 1090. The molecule has 6 nitrogen and oxygen atoms in total. The number of carbonyl (C=O) groups is 1. The van der Waals surface area contributed by atoms with Gasteiger partial charge in [0.15, 0.2) is 11.6 Å². The van der Waals surface area contributed by atoms with Crippen LogP contribution in [-0.2, 0) is 6.54 Å². The van der Waals surface area contributed by atoms with Crippen molar-refractivity contribution in [1.29, 1.82) is 0 Å². The van der Waals surface area contributed by atoms with E-state index in [0.717, 1.165) is 24.3 Å². The maximum atomic E-state index is 13.8. The van der Waals surface area contributed by atoms with Crippen LogP contribution < -0.4 is 20.5 Å². The van der Waals surface area contributed by atoms with Crippen LogP contribution in [0.3, 0.4) is 0 Å². The Hall–Kier alpha value is -3.89. The first-order valence-electron chi connectivity index (χ1n) is 8.63. The summed E-state index contributed by atoms with van der Waals surface area (Å²) in [6.07, 6.45) is -4.92. The zero-order valence-corrected chi connectivity index (χ0v) is 15.5. The van der Waals surface area contributed by atoms with E-state index < -0.39 is 35.5 Å². The summed E-state index contributed by atoms with van der Waals surface area (Å²) in [4.78, 5) is 15.5. The third-order valence-corrected chi connectivity index (χ3v) is 3.88. The average molecular weight is 439 g/mol. The largest absolute Gasteiger partial charge is 0.573 e. The first kappa shape index (κ1) is 21.8. The second kappa shape index (κ2) is 8.86. The molecule has 3 aromatic rings. The van der Waals surface area contributed by atoms with Crippen LogP contribution in [0.5, 0.6) is 17.2 Å². The maximum Gasteiger partial charge on any atom is 0.573 e. The summed E-state index contributed by atoms with van der Waals surface area (Å²) < 4.78 is 72.7. The molecule has 11 heteroatoms. The summed E-state index contributed by atoms with van der Waals surface area (Å²) in [5.74, 6) is -3.44. The van der Waals surface area contributed by atoms with Crippen LogP contribution in [0, 0.1) is 11.8 Å². The van der Waals surface area contributed by atoms with Crippen LogP contribution in [-0.4, -0.2) is 17.3 Å². The lowest BCUT2D eigenvalue weighted by atomic mass is 10.2. The van der Waals surface area contributed by atoms with Gasteiger partial charge in [-0.05, 0) is 42.0 Å². The third-order valence-electron chi connectivity index (χ3n) is 3.88. The molecule has 0 atom stereocenters. The van der Waals surface area contributed by atoms with E-state index >= 15 is 0 Å². The van der Waals surface area contributed by atoms with Gasteiger partial charge in [0.25, 0.3) is 5.91 Å². The standard InChI is InChI=1S/C20H14F5N3O3/c21-15-7-5-13(31-20(23,24)25)9-16(15)30-12-3-1-11(2-4-12)10-27-19(29)14-6-8-17(22)28-18(14)26/h1-9H,10H2,(H2,26,28)(H,27,29). The number of amides is 1. The number of anilines is 1. The number of benzene rings is 2. The lowest BCUT2D eigenvalue weighted by Crippen LogP contribution is -2.24. The number of nitrogens with one attached hydrogen (secondary N) is 1. The van der Waals surface area contributed by atoms with Gasteiger partial charge in [-0.15, -0.1) is 13.2 Å². The van der Waals surface area contributed by atoms with Crippen molar-refractivity contribution in [3.05, 3.63) is 77.5 Å². The molecule has 3 N–H and O–H groups in total. The highest BCUT2D eigenvalue weighted by atomic mass is 19.4. The van der Waals surface area contributed by atoms with Crippen LogP contribution in [0.4, 0.5) is 27.8 Å². The number of nitrogens with two attached hydrogens (primary N) is 1. The Morgan fingerprint density at radius 3 is 2.32 bits per heavy atom. The predicted molar refractivity (Wildman–Crippen MR) is 99.4 cm³/mol. The van der Waals surface area contributed by atoms with E-state index in [4.69, 9.17) is 10.5 Å². The predicted octanol–water partition coefficient (Wildman–Crippen LogP) is 4.56. The molecule has 1 aromatic heterocycles. The average Bonchev–Trinajstić information content (AvgIpc) is 2.68. The summed E-state index contributed by atoms with van der Waals surface area (Å²) in [6.45, 7) is 0.0825. The molecule has 0 saturated heterocycles. The smallest absolute Gasteiger partial charge is 0.454 e. The highest BCUT2D eigenvalue weighted by Crippen LogP contribution is 2.31. The van der Waals surface area contributed by atoms with E-state index in [1.165, 1.54) is 18.2 Å². The Balaban J connectivity index is 1.63. The number of aromatic nitrogens is 1. The zero-order valence-electron chi connectivity index (χ0n) is 15.5. The van der Waals surface area contributed by atoms with Crippen LogP contribution in [0.15, 0.2) is 54.6 Å². The quantitative estimate of drug-likeness (QED) is 0.434. The molecular weight excluding hydrogens is 425 g/mol. The molecule has 0 spiro atoms. The summed E-state index contributed by atoms with van der Waals surface area (Å²) in [5.41, 5.74) is 6.15. The maximum absolute atomic E-state index is 13.8. The first-order chi connectivity index (χ1) is 14.6. The minimum atomic E-state index is -4.92. The summed E-state index contributed by atoms with van der Waals surface area (Å²) in [5, 5.41) is 2.58. The minimum absolute atomic E-state index is 0.0118. The molecule has 0 aliphatic heterocycles. The number of carbonyl (C=O) groups excluding carboxylic acids is 1. The van der Waals surface area contributed by atoms with Gasteiger partial charge in [0.2, 0.25) is 5.95 Å². The number of rotatable bonds is 6. The van der Waals surface area contributed by atoms with Gasteiger partial charge in [-0.2, -0.15) is 4.39 Å². The molecule has 0 aliphatic rings. The lowest BCUT2D eigenvalue weighted by Gasteiger charge is -2.12. The van der Waals surface area contributed by atoms with Crippen molar-refractivity contribution in [1.82, 2.24) is 10.3 Å². The number of ether oxygens (including phenoxy) is 2. The number of pyridine rings is 1. The van der Waals surface area contributed by atoms with E-state index in [-0.39, 0.29) is 23.7 Å². The number of nitrogen functional groups attached to an aromatic ring is 1. The summed E-state index contributed by atoms with van der Waals surface area (Å²) in [6, 6.07) is 10.6. The Kier molecular flexibility index (Phi) is 6.23. The molecule has 0 fully saturated rings. The normalized spacial score (nSPS) is 11.1. The fourth-order valence-corrected chi connectivity index (χ4v) is 2.48. The van der Waals surface area contributed by atoms with Crippen LogP contribution in [0.1, 0.15) is 15.9 Å². The van der Waals surface area contributed by atoms with Crippen LogP contribution >= 0.6 is 0 Å². The molecule has 162 valence electrons. The van der Waals surface area contributed by atoms with E-state index in [0.29, 0.717) is 5.56 Å². The minimum Gasteiger partial charge on any atom is -0.454 e. The van der Waals surface area contributed by atoms with E-state index in [1.807, 2.05) is 0 Å². The monoisotopic (exact) mass is 439 g/mol. The van der Waals surface area contributed by atoms with Crippen molar-refractivity contribution in [3.63, 3.8) is 0 Å². The second-order valence-corrected chi connectivity index (χ2v) is 6.14. The summed E-state index contributed by atoms with van der Waals surface area (Å²) >= 11 is 0. The Morgan fingerprint density at radius 2 is 1.68 bits per heavy atom. The lowest BCUT2D eigenvalue weighted by molar-refractivity contribution is -0.274. The third kappa shape index (κ3) is 6.04. The van der Waals surface area contributed by atoms with E-state index in [2.05, 4.69) is 15.0 Å². The molecule has 0 bridgehead atoms. The molecule has 1 heterocycles. The van der Waals surface area contributed by atoms with Gasteiger partial charge < -0.3 is 20.5 Å². The summed E-state index contributed by atoms with van der Waals surface area (Å²) in [7, 11) is 0. The second-order valence-electron chi connectivity index (χ2n) is 6.14. The van der Waals surface area contributed by atoms with Gasteiger partial charge in [0.1, 0.15) is 17.3 Å². The highest BCUT2D eigenvalue weighted by molar-refractivity contribution is 5.98. The topological polar surface area (TPSA) is 86.5 Å². The van der Waals surface area contributed by atoms with Gasteiger partial charge in [-0.3, -0.25) is 4.79 Å². The van der Waals surface area contributed by atoms with Crippen molar-refractivity contribution in [2.24, 2.45) is 0 Å². The molecular formula is C20H14F5N3O3. The number of halogens is 5. The molecule has 0 aliphatic carbocycles. The van der Waals surface area contributed by atoms with E-state index in [1.54, 1.807) is 12.1 Å². The number of nitrogens with zero attached hydrogens (tertiary/aromatic N) is 1. The fraction of sp³-hybridized carbons (Fsp3) is 0.100. The van der Waals surface area contributed by atoms with E-state index in [9.17, 15) is 26.7 Å². The first-order valence-corrected chi connectivity index (χ1v) is 8.63. The highest BCUT2D eigenvalue weighted by Gasteiger charge is 2.31. The van der Waals surface area contributed by atoms with Crippen molar-refractivity contribution >= 4 is 11.7 Å². The zero-order chi connectivity index (χ0) is 22.6. The Labute approximate surface area is 172 Å². The molecule has 2 aromatic carbocycles. The molecule has 3 rings (SSSR count). The fourth-order valence-electron chi connectivity index (χ4n) is 2.48. The van der Waals surface area contributed by atoms with Crippen molar-refractivity contribution in [3.8, 4) is 17.2 Å².